The lowest BCUT2D eigenvalue weighted by atomic mass is 10.1. The van der Waals surface area contributed by atoms with Crippen LogP contribution in [0.3, 0.4) is 0 Å². The minimum atomic E-state index is 0.733. The first-order valence-electron chi connectivity index (χ1n) is 5.22. The number of rotatable bonds is 5. The predicted octanol–water partition coefficient (Wildman–Crippen LogP) is 1.33. The standard InChI is InChI=1S/C10H17N3S/c1-2-3-13(10-4-11-5-10)6-9-7-14-8-12-9/h7-8,10-11H,2-6H2,1H3. The van der Waals surface area contributed by atoms with E-state index in [1.54, 1.807) is 11.3 Å². The molecule has 2 rings (SSSR count). The summed E-state index contributed by atoms with van der Waals surface area (Å²) in [5.41, 5.74) is 3.13. The van der Waals surface area contributed by atoms with Gasteiger partial charge < -0.3 is 5.32 Å². The predicted molar refractivity (Wildman–Crippen MR) is 59.5 cm³/mol. The molecule has 0 aliphatic carbocycles. The second-order valence-corrected chi connectivity index (χ2v) is 4.48. The average Bonchev–Trinajstić information content (AvgIpc) is 2.54. The van der Waals surface area contributed by atoms with Gasteiger partial charge in [0, 0.05) is 31.1 Å². The molecule has 78 valence electrons. The zero-order chi connectivity index (χ0) is 9.80. The van der Waals surface area contributed by atoms with Crippen molar-refractivity contribution in [2.24, 2.45) is 0 Å². The summed E-state index contributed by atoms with van der Waals surface area (Å²) in [6.07, 6.45) is 1.22. The van der Waals surface area contributed by atoms with Crippen molar-refractivity contribution in [3.63, 3.8) is 0 Å². The van der Waals surface area contributed by atoms with Gasteiger partial charge in [-0.3, -0.25) is 4.90 Å². The summed E-state index contributed by atoms with van der Waals surface area (Å²) in [6.45, 7) is 6.72. The van der Waals surface area contributed by atoms with Crippen LogP contribution >= 0.6 is 11.3 Å². The van der Waals surface area contributed by atoms with E-state index in [9.17, 15) is 0 Å². The smallest absolute Gasteiger partial charge is 0.0795 e. The van der Waals surface area contributed by atoms with E-state index >= 15 is 0 Å². The average molecular weight is 211 g/mol. The molecule has 1 aromatic heterocycles. The van der Waals surface area contributed by atoms with Gasteiger partial charge in [-0.1, -0.05) is 6.92 Å². The molecule has 14 heavy (non-hydrogen) atoms. The fraction of sp³-hybridized carbons (Fsp3) is 0.700. The zero-order valence-corrected chi connectivity index (χ0v) is 9.39. The monoisotopic (exact) mass is 211 g/mol. The highest BCUT2D eigenvalue weighted by Crippen LogP contribution is 2.11. The Morgan fingerprint density at radius 2 is 2.50 bits per heavy atom. The van der Waals surface area contributed by atoms with Crippen LogP contribution in [-0.4, -0.2) is 35.6 Å². The highest BCUT2D eigenvalue weighted by molar-refractivity contribution is 7.07. The summed E-state index contributed by atoms with van der Waals surface area (Å²) in [5, 5.41) is 5.47. The lowest BCUT2D eigenvalue weighted by Crippen LogP contribution is -2.57. The van der Waals surface area contributed by atoms with Gasteiger partial charge in [-0.25, -0.2) is 4.98 Å². The SMILES string of the molecule is CCCN(Cc1cscn1)C1CNC1. The van der Waals surface area contributed by atoms with Crippen molar-refractivity contribution in [1.29, 1.82) is 0 Å². The molecule has 0 atom stereocenters. The summed E-state index contributed by atoms with van der Waals surface area (Å²) in [6, 6.07) is 0.733. The van der Waals surface area contributed by atoms with Crippen LogP contribution in [0.2, 0.25) is 0 Å². The zero-order valence-electron chi connectivity index (χ0n) is 8.57. The van der Waals surface area contributed by atoms with Crippen molar-refractivity contribution in [3.05, 3.63) is 16.6 Å². The van der Waals surface area contributed by atoms with E-state index in [1.165, 1.54) is 18.7 Å². The molecule has 0 spiro atoms. The van der Waals surface area contributed by atoms with Crippen molar-refractivity contribution in [2.75, 3.05) is 19.6 Å². The van der Waals surface area contributed by atoms with Crippen LogP contribution in [0.1, 0.15) is 19.0 Å². The number of hydrogen-bond donors (Lipinski definition) is 1. The first-order valence-corrected chi connectivity index (χ1v) is 6.16. The third kappa shape index (κ3) is 2.32. The van der Waals surface area contributed by atoms with Gasteiger partial charge in [0.2, 0.25) is 0 Å². The van der Waals surface area contributed by atoms with Crippen molar-refractivity contribution in [1.82, 2.24) is 15.2 Å². The minimum Gasteiger partial charge on any atom is -0.314 e. The quantitative estimate of drug-likeness (QED) is 0.796. The van der Waals surface area contributed by atoms with E-state index in [0.717, 1.165) is 25.7 Å². The molecular formula is C10H17N3S. The normalized spacial score (nSPS) is 17.3. The van der Waals surface area contributed by atoms with Gasteiger partial charge in [0.15, 0.2) is 0 Å². The van der Waals surface area contributed by atoms with E-state index in [-0.39, 0.29) is 0 Å². The number of nitrogens with one attached hydrogen (secondary N) is 1. The number of nitrogens with zero attached hydrogens (tertiary/aromatic N) is 2. The largest absolute Gasteiger partial charge is 0.314 e. The van der Waals surface area contributed by atoms with E-state index in [2.05, 4.69) is 27.5 Å². The Morgan fingerprint density at radius 3 is 3.00 bits per heavy atom. The molecule has 1 saturated heterocycles. The molecule has 0 unspecified atom stereocenters. The Hall–Kier alpha value is -0.450. The summed E-state index contributed by atoms with van der Waals surface area (Å²) < 4.78 is 0. The Kier molecular flexibility index (Phi) is 3.50. The third-order valence-corrected chi connectivity index (χ3v) is 3.27. The maximum atomic E-state index is 4.34. The molecule has 1 aliphatic rings. The van der Waals surface area contributed by atoms with Crippen LogP contribution in [0.15, 0.2) is 10.9 Å². The van der Waals surface area contributed by atoms with Crippen LogP contribution in [0.4, 0.5) is 0 Å². The van der Waals surface area contributed by atoms with Crippen molar-refractivity contribution >= 4 is 11.3 Å². The Morgan fingerprint density at radius 1 is 1.64 bits per heavy atom. The summed E-state index contributed by atoms with van der Waals surface area (Å²) in [7, 11) is 0. The molecule has 0 radical (unpaired) electrons. The maximum Gasteiger partial charge on any atom is 0.0795 e. The molecule has 0 amide bonds. The van der Waals surface area contributed by atoms with Gasteiger partial charge in [0.1, 0.15) is 0 Å². The van der Waals surface area contributed by atoms with Gasteiger partial charge in [-0.2, -0.15) is 0 Å². The topological polar surface area (TPSA) is 28.2 Å². The molecule has 2 heterocycles. The molecule has 1 N–H and O–H groups in total. The fourth-order valence-electron chi connectivity index (χ4n) is 1.73. The Bertz CT molecular complexity index is 256. The van der Waals surface area contributed by atoms with Crippen LogP contribution < -0.4 is 5.32 Å². The first-order chi connectivity index (χ1) is 6.90. The molecule has 0 bridgehead atoms. The second kappa shape index (κ2) is 4.87. The lowest BCUT2D eigenvalue weighted by Gasteiger charge is -2.37. The van der Waals surface area contributed by atoms with Gasteiger partial charge >= 0.3 is 0 Å². The van der Waals surface area contributed by atoms with Gasteiger partial charge in [0.25, 0.3) is 0 Å². The Balaban J connectivity index is 1.89. The molecular weight excluding hydrogens is 194 g/mol. The summed E-state index contributed by atoms with van der Waals surface area (Å²) >= 11 is 1.68. The van der Waals surface area contributed by atoms with Gasteiger partial charge in [-0.05, 0) is 13.0 Å². The minimum absolute atomic E-state index is 0.733. The molecule has 0 saturated carbocycles. The molecule has 0 aromatic carbocycles. The van der Waals surface area contributed by atoms with E-state index in [0.29, 0.717) is 0 Å². The summed E-state index contributed by atoms with van der Waals surface area (Å²) in [5.74, 6) is 0. The first kappa shape index (κ1) is 10.1. The van der Waals surface area contributed by atoms with Crippen molar-refractivity contribution in [3.8, 4) is 0 Å². The van der Waals surface area contributed by atoms with Crippen molar-refractivity contribution in [2.45, 2.75) is 25.9 Å². The van der Waals surface area contributed by atoms with E-state index < -0.39 is 0 Å². The number of aromatic nitrogens is 1. The van der Waals surface area contributed by atoms with E-state index in [4.69, 9.17) is 0 Å². The van der Waals surface area contributed by atoms with Gasteiger partial charge in [0.05, 0.1) is 11.2 Å². The molecule has 4 heteroatoms. The lowest BCUT2D eigenvalue weighted by molar-refractivity contribution is 0.136. The second-order valence-electron chi connectivity index (χ2n) is 3.76. The van der Waals surface area contributed by atoms with Crippen LogP contribution in [0.25, 0.3) is 0 Å². The molecule has 1 aromatic rings. The molecule has 1 aliphatic heterocycles. The summed E-state index contributed by atoms with van der Waals surface area (Å²) in [4.78, 5) is 6.87. The van der Waals surface area contributed by atoms with Crippen LogP contribution in [0, 0.1) is 0 Å². The van der Waals surface area contributed by atoms with E-state index in [1.807, 2.05) is 5.51 Å². The van der Waals surface area contributed by atoms with Gasteiger partial charge in [-0.15, -0.1) is 11.3 Å². The maximum absolute atomic E-state index is 4.34. The fourth-order valence-corrected chi connectivity index (χ4v) is 2.28. The highest BCUT2D eigenvalue weighted by Gasteiger charge is 2.23. The highest BCUT2D eigenvalue weighted by atomic mass is 32.1. The van der Waals surface area contributed by atoms with Crippen molar-refractivity contribution < 1.29 is 0 Å². The van der Waals surface area contributed by atoms with Crippen LogP contribution in [0.5, 0.6) is 0 Å². The molecule has 1 fully saturated rings. The number of hydrogen-bond acceptors (Lipinski definition) is 4. The Labute approximate surface area is 89.1 Å². The molecule has 3 nitrogen and oxygen atoms in total. The number of thiazole rings is 1. The third-order valence-electron chi connectivity index (χ3n) is 2.64. The van der Waals surface area contributed by atoms with Crippen LogP contribution in [-0.2, 0) is 6.54 Å².